The minimum Gasteiger partial charge on any atom is -0.508 e. The molecule has 0 atom stereocenters. The van der Waals surface area contributed by atoms with Crippen LogP contribution in [0.5, 0.6) is 11.5 Å². The Morgan fingerprint density at radius 2 is 1.68 bits per heavy atom. The summed E-state index contributed by atoms with van der Waals surface area (Å²) in [6.07, 6.45) is 0.165. The minimum atomic E-state index is -0.252. The molecule has 0 aliphatic carbocycles. The largest absolute Gasteiger partial charge is 0.508 e. The summed E-state index contributed by atoms with van der Waals surface area (Å²) in [5.74, 6) is -0.601. The molecule has 0 aliphatic rings. The van der Waals surface area contributed by atoms with E-state index in [0.717, 1.165) is 6.07 Å². The molecule has 0 aliphatic heterocycles. The van der Waals surface area contributed by atoms with Gasteiger partial charge in [-0.3, -0.25) is 9.69 Å². The van der Waals surface area contributed by atoms with Gasteiger partial charge in [0, 0.05) is 32.1 Å². The molecule has 1 rings (SSSR count). The van der Waals surface area contributed by atoms with E-state index < -0.39 is 0 Å². The van der Waals surface area contributed by atoms with Crippen molar-refractivity contribution < 1.29 is 25.2 Å². The number of hydrogen-bond acceptors (Lipinski definition) is 6. The third-order valence-electron chi connectivity index (χ3n) is 2.77. The summed E-state index contributed by atoms with van der Waals surface area (Å²) in [6, 6.07) is 3.83. The molecule has 4 N–H and O–H groups in total. The van der Waals surface area contributed by atoms with Gasteiger partial charge in [0.25, 0.3) is 0 Å². The van der Waals surface area contributed by atoms with Crippen LogP contribution in [0.25, 0.3) is 0 Å². The first-order chi connectivity index (χ1) is 9.08. The van der Waals surface area contributed by atoms with E-state index in [1.807, 2.05) is 0 Å². The number of carbonyl (C=O) groups is 1. The molecule has 19 heavy (non-hydrogen) atoms. The lowest BCUT2D eigenvalue weighted by Gasteiger charge is -2.19. The molecule has 0 amide bonds. The predicted octanol–water partition coefficient (Wildman–Crippen LogP) is -0.0428. The second-order valence-corrected chi connectivity index (χ2v) is 4.16. The fourth-order valence-corrected chi connectivity index (χ4v) is 1.77. The molecule has 106 valence electrons. The first-order valence-electron chi connectivity index (χ1n) is 6.07. The zero-order valence-corrected chi connectivity index (χ0v) is 10.6. The van der Waals surface area contributed by atoms with Gasteiger partial charge in [-0.2, -0.15) is 0 Å². The number of ketones is 1. The maximum absolute atomic E-state index is 11.9. The lowest BCUT2D eigenvalue weighted by molar-refractivity contribution is 0.0944. The molecule has 0 radical (unpaired) electrons. The van der Waals surface area contributed by atoms with E-state index in [1.165, 1.54) is 12.1 Å². The Labute approximate surface area is 111 Å². The standard InChI is InChI=1S/C13H19NO5/c15-7-5-14(6-8-16)4-3-12(18)11-2-1-10(17)9-13(11)19/h1-2,9,15-17,19H,3-8H2. The summed E-state index contributed by atoms with van der Waals surface area (Å²) in [7, 11) is 0. The smallest absolute Gasteiger partial charge is 0.167 e. The third kappa shape index (κ3) is 4.86. The maximum atomic E-state index is 11.9. The molecule has 0 heterocycles. The Morgan fingerprint density at radius 1 is 1.05 bits per heavy atom. The van der Waals surface area contributed by atoms with Crippen LogP contribution >= 0.6 is 0 Å². The quantitative estimate of drug-likeness (QED) is 0.494. The van der Waals surface area contributed by atoms with Gasteiger partial charge in [-0.1, -0.05) is 0 Å². The number of aliphatic hydroxyl groups is 2. The van der Waals surface area contributed by atoms with E-state index in [-0.39, 0.29) is 42.5 Å². The van der Waals surface area contributed by atoms with Gasteiger partial charge in [-0.05, 0) is 12.1 Å². The van der Waals surface area contributed by atoms with Crippen LogP contribution in [0.4, 0.5) is 0 Å². The normalized spacial score (nSPS) is 10.9. The molecule has 0 bridgehead atoms. The van der Waals surface area contributed by atoms with Crippen molar-refractivity contribution in [3.05, 3.63) is 23.8 Å². The van der Waals surface area contributed by atoms with Gasteiger partial charge in [0.15, 0.2) is 5.78 Å². The summed E-state index contributed by atoms with van der Waals surface area (Å²) in [4.78, 5) is 13.7. The maximum Gasteiger partial charge on any atom is 0.167 e. The molecule has 0 saturated heterocycles. The Bertz CT molecular complexity index is 415. The molecule has 0 spiro atoms. The van der Waals surface area contributed by atoms with Gasteiger partial charge >= 0.3 is 0 Å². The average Bonchev–Trinajstić information content (AvgIpc) is 2.36. The van der Waals surface area contributed by atoms with Crippen LogP contribution in [0.3, 0.4) is 0 Å². The van der Waals surface area contributed by atoms with E-state index in [2.05, 4.69) is 0 Å². The highest BCUT2D eigenvalue weighted by Gasteiger charge is 2.13. The number of rotatable bonds is 8. The van der Waals surface area contributed by atoms with Crippen LogP contribution < -0.4 is 0 Å². The van der Waals surface area contributed by atoms with Crippen LogP contribution in [-0.4, -0.2) is 64.0 Å². The van der Waals surface area contributed by atoms with Crippen molar-refractivity contribution in [1.29, 1.82) is 0 Å². The Morgan fingerprint density at radius 3 is 2.21 bits per heavy atom. The van der Waals surface area contributed by atoms with E-state index >= 15 is 0 Å². The van der Waals surface area contributed by atoms with Gasteiger partial charge in [-0.15, -0.1) is 0 Å². The molecular weight excluding hydrogens is 250 g/mol. The van der Waals surface area contributed by atoms with Gasteiger partial charge in [-0.25, -0.2) is 0 Å². The monoisotopic (exact) mass is 269 g/mol. The van der Waals surface area contributed by atoms with Crippen molar-refractivity contribution in [3.8, 4) is 11.5 Å². The van der Waals surface area contributed by atoms with Crippen LogP contribution in [0.1, 0.15) is 16.8 Å². The SMILES string of the molecule is O=C(CCN(CCO)CCO)c1ccc(O)cc1O. The van der Waals surface area contributed by atoms with Crippen LogP contribution in [0.2, 0.25) is 0 Å². The van der Waals surface area contributed by atoms with E-state index in [9.17, 15) is 9.90 Å². The van der Waals surface area contributed by atoms with Crippen molar-refractivity contribution in [2.75, 3.05) is 32.8 Å². The zero-order chi connectivity index (χ0) is 14.3. The third-order valence-corrected chi connectivity index (χ3v) is 2.77. The summed E-state index contributed by atoms with van der Waals surface area (Å²) in [5, 5.41) is 36.4. The van der Waals surface area contributed by atoms with Gasteiger partial charge < -0.3 is 20.4 Å². The fraction of sp³-hybridized carbons (Fsp3) is 0.462. The summed E-state index contributed by atoms with van der Waals surface area (Å²) in [5.41, 5.74) is 0.158. The lowest BCUT2D eigenvalue weighted by atomic mass is 10.1. The number of benzene rings is 1. The van der Waals surface area contributed by atoms with E-state index in [0.29, 0.717) is 19.6 Å². The second kappa shape index (κ2) is 7.73. The highest BCUT2D eigenvalue weighted by atomic mass is 16.3. The van der Waals surface area contributed by atoms with Crippen molar-refractivity contribution >= 4 is 5.78 Å². The van der Waals surface area contributed by atoms with Gasteiger partial charge in [0.05, 0.1) is 18.8 Å². The van der Waals surface area contributed by atoms with Gasteiger partial charge in [0.1, 0.15) is 11.5 Å². The number of phenolic OH excluding ortho intramolecular Hbond substituents is 2. The highest BCUT2D eigenvalue weighted by Crippen LogP contribution is 2.23. The number of Topliss-reactive ketones (excluding diaryl/α,β-unsaturated/α-hetero) is 1. The highest BCUT2D eigenvalue weighted by molar-refractivity contribution is 5.98. The molecule has 0 saturated carbocycles. The molecule has 0 unspecified atom stereocenters. The Balaban J connectivity index is 2.58. The fourth-order valence-electron chi connectivity index (χ4n) is 1.77. The van der Waals surface area contributed by atoms with Gasteiger partial charge in [0.2, 0.25) is 0 Å². The van der Waals surface area contributed by atoms with Crippen molar-refractivity contribution in [1.82, 2.24) is 4.90 Å². The lowest BCUT2D eigenvalue weighted by Crippen LogP contribution is -2.31. The first-order valence-corrected chi connectivity index (χ1v) is 6.07. The molecule has 6 nitrogen and oxygen atoms in total. The molecule has 6 heteroatoms. The zero-order valence-electron chi connectivity index (χ0n) is 10.6. The topological polar surface area (TPSA) is 101 Å². The first kappa shape index (κ1) is 15.4. The Hall–Kier alpha value is -1.63. The number of nitrogens with zero attached hydrogens (tertiary/aromatic N) is 1. The van der Waals surface area contributed by atoms with E-state index in [1.54, 1.807) is 4.90 Å². The van der Waals surface area contributed by atoms with Crippen LogP contribution in [-0.2, 0) is 0 Å². The number of carbonyl (C=O) groups excluding carboxylic acids is 1. The summed E-state index contributed by atoms with van der Waals surface area (Å²) >= 11 is 0. The van der Waals surface area contributed by atoms with Crippen LogP contribution in [0.15, 0.2) is 18.2 Å². The molecule has 1 aromatic carbocycles. The number of hydrogen-bond donors (Lipinski definition) is 4. The summed E-state index contributed by atoms with van der Waals surface area (Å²) in [6.45, 7) is 1.07. The number of aromatic hydroxyl groups is 2. The van der Waals surface area contributed by atoms with Crippen LogP contribution in [0, 0.1) is 0 Å². The molecule has 1 aromatic rings. The van der Waals surface area contributed by atoms with Crippen molar-refractivity contribution in [3.63, 3.8) is 0 Å². The van der Waals surface area contributed by atoms with E-state index in [4.69, 9.17) is 15.3 Å². The number of aliphatic hydroxyl groups excluding tert-OH is 2. The second-order valence-electron chi connectivity index (χ2n) is 4.16. The molecule has 0 aromatic heterocycles. The minimum absolute atomic E-state index is 0.0430. The average molecular weight is 269 g/mol. The van der Waals surface area contributed by atoms with Crippen molar-refractivity contribution in [2.24, 2.45) is 0 Å². The van der Waals surface area contributed by atoms with Crippen molar-refractivity contribution in [2.45, 2.75) is 6.42 Å². The Kier molecular flexibility index (Phi) is 6.27. The molecular formula is C13H19NO5. The number of phenols is 2. The molecule has 0 fully saturated rings. The predicted molar refractivity (Wildman–Crippen MR) is 69.3 cm³/mol. The summed E-state index contributed by atoms with van der Waals surface area (Å²) < 4.78 is 0.